The topological polar surface area (TPSA) is 95.0 Å². The molecule has 2 aromatic heterocycles. The molecule has 1 aliphatic heterocycles. The second-order valence-corrected chi connectivity index (χ2v) is 8.26. The molecule has 28 heavy (non-hydrogen) atoms. The summed E-state index contributed by atoms with van der Waals surface area (Å²) >= 11 is 4.84. The largest absolute Gasteiger partial charge is 0.493 e. The third kappa shape index (κ3) is 4.12. The van der Waals surface area contributed by atoms with E-state index in [-0.39, 0.29) is 0 Å². The van der Waals surface area contributed by atoms with Crippen molar-refractivity contribution in [2.45, 2.75) is 25.7 Å². The van der Waals surface area contributed by atoms with E-state index >= 15 is 0 Å². The van der Waals surface area contributed by atoms with E-state index in [0.717, 1.165) is 54.0 Å². The SMILES string of the molecule is Nc1nc(N2CCCCC2)nn1-c1nnc(-c2ccccc2OCCCBr)s1. The zero-order valence-corrected chi connectivity index (χ0v) is 17.8. The number of halogens is 1. The van der Waals surface area contributed by atoms with Crippen molar-refractivity contribution in [3.05, 3.63) is 24.3 Å². The van der Waals surface area contributed by atoms with Gasteiger partial charge in [0.2, 0.25) is 17.0 Å². The van der Waals surface area contributed by atoms with Crippen LogP contribution in [0.25, 0.3) is 15.7 Å². The average molecular weight is 464 g/mol. The summed E-state index contributed by atoms with van der Waals surface area (Å²) in [6, 6.07) is 7.85. The number of nitrogen functional groups attached to an aromatic ring is 1. The quantitative estimate of drug-likeness (QED) is 0.422. The summed E-state index contributed by atoms with van der Waals surface area (Å²) in [7, 11) is 0. The fourth-order valence-electron chi connectivity index (χ4n) is 3.10. The zero-order valence-electron chi connectivity index (χ0n) is 15.4. The molecule has 0 atom stereocenters. The molecule has 10 heteroatoms. The molecule has 148 valence electrons. The molecular weight excluding hydrogens is 442 g/mol. The van der Waals surface area contributed by atoms with Crippen molar-refractivity contribution >= 4 is 39.2 Å². The van der Waals surface area contributed by atoms with Crippen molar-refractivity contribution in [3.63, 3.8) is 0 Å². The third-order valence-corrected chi connectivity index (χ3v) is 6.00. The molecule has 0 radical (unpaired) electrons. The predicted molar refractivity (Wildman–Crippen MR) is 115 cm³/mol. The zero-order chi connectivity index (χ0) is 19.3. The summed E-state index contributed by atoms with van der Waals surface area (Å²) in [5.41, 5.74) is 7.02. The Morgan fingerprint density at radius 2 is 1.96 bits per heavy atom. The summed E-state index contributed by atoms with van der Waals surface area (Å²) in [6.07, 6.45) is 4.50. The Morgan fingerprint density at radius 1 is 1.14 bits per heavy atom. The molecule has 1 aromatic carbocycles. The first-order valence-electron chi connectivity index (χ1n) is 9.36. The first kappa shape index (κ1) is 19.1. The van der Waals surface area contributed by atoms with E-state index in [2.05, 4.69) is 41.1 Å². The van der Waals surface area contributed by atoms with Gasteiger partial charge in [-0.2, -0.15) is 9.67 Å². The van der Waals surface area contributed by atoms with E-state index in [9.17, 15) is 0 Å². The van der Waals surface area contributed by atoms with Gasteiger partial charge in [-0.05, 0) is 37.8 Å². The van der Waals surface area contributed by atoms with Crippen LogP contribution in [0.1, 0.15) is 25.7 Å². The lowest BCUT2D eigenvalue weighted by Gasteiger charge is -2.24. The highest BCUT2D eigenvalue weighted by molar-refractivity contribution is 9.09. The molecular formula is C18H22BrN7OS. The Morgan fingerprint density at radius 3 is 2.79 bits per heavy atom. The lowest BCUT2D eigenvalue weighted by atomic mass is 10.1. The van der Waals surface area contributed by atoms with Gasteiger partial charge in [0.15, 0.2) is 5.01 Å². The van der Waals surface area contributed by atoms with Crippen LogP contribution in [0.4, 0.5) is 11.9 Å². The Hall–Kier alpha value is -2.20. The van der Waals surface area contributed by atoms with Crippen molar-refractivity contribution < 1.29 is 4.74 Å². The Balaban J connectivity index is 1.58. The predicted octanol–water partition coefficient (Wildman–Crippen LogP) is 3.52. The number of nitrogens with zero attached hydrogens (tertiary/aromatic N) is 6. The van der Waals surface area contributed by atoms with Crippen LogP contribution in [0, 0.1) is 0 Å². The highest BCUT2D eigenvalue weighted by Crippen LogP contribution is 2.33. The minimum absolute atomic E-state index is 0.324. The van der Waals surface area contributed by atoms with Crippen molar-refractivity contribution in [1.82, 2.24) is 25.0 Å². The van der Waals surface area contributed by atoms with E-state index in [0.29, 0.717) is 23.6 Å². The number of anilines is 2. The van der Waals surface area contributed by atoms with Crippen LogP contribution in [-0.2, 0) is 0 Å². The molecule has 0 spiro atoms. The fraction of sp³-hybridized carbons (Fsp3) is 0.444. The lowest BCUT2D eigenvalue weighted by molar-refractivity contribution is 0.320. The number of para-hydroxylation sites is 1. The number of rotatable bonds is 7. The van der Waals surface area contributed by atoms with Crippen LogP contribution in [0.3, 0.4) is 0 Å². The maximum atomic E-state index is 6.11. The molecule has 0 saturated carbocycles. The molecule has 0 bridgehead atoms. The minimum atomic E-state index is 0.324. The number of piperidine rings is 1. The van der Waals surface area contributed by atoms with Gasteiger partial charge in [-0.1, -0.05) is 39.4 Å². The molecule has 2 N–H and O–H groups in total. The number of hydrogen-bond acceptors (Lipinski definition) is 8. The normalized spacial score (nSPS) is 14.4. The fourth-order valence-corrected chi connectivity index (χ4v) is 4.16. The highest BCUT2D eigenvalue weighted by atomic mass is 79.9. The summed E-state index contributed by atoms with van der Waals surface area (Å²) < 4.78 is 7.47. The molecule has 3 heterocycles. The first-order chi connectivity index (χ1) is 13.8. The third-order valence-electron chi connectivity index (χ3n) is 4.51. The standard InChI is InChI=1S/C18H22BrN7OS/c19-9-6-12-27-14-8-3-2-7-13(14)15-22-23-18(28-15)26-16(20)21-17(24-26)25-10-4-1-5-11-25/h2-3,7-8H,1,4-6,9-12H2,(H2,20,21,24). The number of nitrogens with two attached hydrogens (primary N) is 1. The van der Waals surface area contributed by atoms with Crippen molar-refractivity contribution in [1.29, 1.82) is 0 Å². The van der Waals surface area contributed by atoms with E-state index in [1.54, 1.807) is 4.68 Å². The maximum Gasteiger partial charge on any atom is 0.247 e. The summed E-state index contributed by atoms with van der Waals surface area (Å²) in [5, 5.41) is 15.5. The van der Waals surface area contributed by atoms with Gasteiger partial charge in [0, 0.05) is 18.4 Å². The van der Waals surface area contributed by atoms with E-state index in [1.165, 1.54) is 17.8 Å². The molecule has 0 amide bonds. The molecule has 3 aromatic rings. The minimum Gasteiger partial charge on any atom is -0.493 e. The van der Waals surface area contributed by atoms with Crippen LogP contribution in [-0.4, -0.2) is 50.0 Å². The summed E-state index contributed by atoms with van der Waals surface area (Å²) in [6.45, 7) is 2.57. The van der Waals surface area contributed by atoms with Crippen molar-refractivity contribution in [3.8, 4) is 21.5 Å². The smallest absolute Gasteiger partial charge is 0.247 e. The van der Waals surface area contributed by atoms with Crippen molar-refractivity contribution in [2.75, 3.05) is 35.7 Å². The molecule has 1 aliphatic rings. The van der Waals surface area contributed by atoms with Crippen LogP contribution < -0.4 is 15.4 Å². The van der Waals surface area contributed by atoms with Crippen LogP contribution in [0.2, 0.25) is 0 Å². The number of benzene rings is 1. The van der Waals surface area contributed by atoms with Gasteiger partial charge < -0.3 is 15.4 Å². The molecule has 0 aliphatic carbocycles. The summed E-state index contributed by atoms with van der Waals surface area (Å²) in [5.74, 6) is 1.78. The number of aromatic nitrogens is 5. The molecule has 4 rings (SSSR count). The molecule has 8 nitrogen and oxygen atoms in total. The Kier molecular flexibility index (Phi) is 6.06. The Bertz CT molecular complexity index is 922. The van der Waals surface area contributed by atoms with Crippen LogP contribution in [0.15, 0.2) is 24.3 Å². The lowest BCUT2D eigenvalue weighted by Crippen LogP contribution is -2.30. The van der Waals surface area contributed by atoms with Crippen LogP contribution >= 0.6 is 27.3 Å². The van der Waals surface area contributed by atoms with Crippen LogP contribution in [0.5, 0.6) is 5.75 Å². The van der Waals surface area contributed by atoms with Gasteiger partial charge in [-0.3, -0.25) is 0 Å². The van der Waals surface area contributed by atoms with Gasteiger partial charge in [0.25, 0.3) is 0 Å². The Labute approximate surface area is 175 Å². The average Bonchev–Trinajstić information content (AvgIpc) is 3.36. The second-order valence-electron chi connectivity index (χ2n) is 6.51. The first-order valence-corrected chi connectivity index (χ1v) is 11.3. The molecule has 0 unspecified atom stereocenters. The van der Waals surface area contributed by atoms with Gasteiger partial charge in [0.05, 0.1) is 12.2 Å². The van der Waals surface area contributed by atoms with E-state index in [1.807, 2.05) is 24.3 Å². The van der Waals surface area contributed by atoms with Gasteiger partial charge in [0.1, 0.15) is 5.75 Å². The van der Waals surface area contributed by atoms with E-state index < -0.39 is 0 Å². The maximum absolute atomic E-state index is 6.11. The van der Waals surface area contributed by atoms with Crippen molar-refractivity contribution in [2.24, 2.45) is 0 Å². The number of alkyl halides is 1. The summed E-state index contributed by atoms with van der Waals surface area (Å²) in [4.78, 5) is 6.60. The number of hydrogen-bond donors (Lipinski definition) is 1. The van der Waals surface area contributed by atoms with E-state index in [4.69, 9.17) is 10.5 Å². The highest BCUT2D eigenvalue weighted by Gasteiger charge is 2.20. The number of ether oxygens (including phenoxy) is 1. The van der Waals surface area contributed by atoms with Gasteiger partial charge >= 0.3 is 0 Å². The van der Waals surface area contributed by atoms with Gasteiger partial charge in [-0.25, -0.2) is 0 Å². The van der Waals surface area contributed by atoms with Gasteiger partial charge in [-0.15, -0.1) is 15.3 Å². The molecule has 1 saturated heterocycles. The molecule has 1 fully saturated rings. The monoisotopic (exact) mass is 463 g/mol. The second kappa shape index (κ2) is 8.87.